The molecule has 1 unspecified atom stereocenters. The Morgan fingerprint density at radius 1 is 1.32 bits per heavy atom. The Labute approximate surface area is 165 Å². The molecule has 2 N–H and O–H groups in total. The van der Waals surface area contributed by atoms with Crippen molar-refractivity contribution >= 4 is 11.6 Å². The largest absolute Gasteiger partial charge is 0.369 e. The Bertz CT molecular complexity index is 887. The number of nitrogens with zero attached hydrogens (tertiary/aromatic N) is 3. The number of guanidine groups is 1. The highest BCUT2D eigenvalue weighted by Crippen LogP contribution is 2.24. The zero-order valence-corrected chi connectivity index (χ0v) is 16.4. The predicted octanol–water partition coefficient (Wildman–Crippen LogP) is 3.34. The lowest BCUT2D eigenvalue weighted by Gasteiger charge is -2.36. The number of aliphatic imine (C=N–C) groups is 1. The number of hydrogen-bond acceptors (Lipinski definition) is 3. The van der Waals surface area contributed by atoms with Crippen LogP contribution in [0.5, 0.6) is 0 Å². The van der Waals surface area contributed by atoms with E-state index in [1.165, 1.54) is 6.07 Å². The fraction of sp³-hybridized carbons (Fsp3) is 0.364. The van der Waals surface area contributed by atoms with Crippen molar-refractivity contribution in [2.24, 2.45) is 4.99 Å². The molecule has 1 atom stereocenters. The van der Waals surface area contributed by atoms with E-state index in [-0.39, 0.29) is 11.9 Å². The van der Waals surface area contributed by atoms with E-state index in [0.717, 1.165) is 48.7 Å². The minimum Gasteiger partial charge on any atom is -0.369 e. The molecule has 3 rings (SSSR count). The van der Waals surface area contributed by atoms with Gasteiger partial charge in [0.25, 0.3) is 0 Å². The molecule has 0 aromatic heterocycles. The number of benzene rings is 2. The van der Waals surface area contributed by atoms with E-state index in [2.05, 4.69) is 26.6 Å². The number of nitriles is 1. The van der Waals surface area contributed by atoms with Gasteiger partial charge in [-0.15, -0.1) is 0 Å². The quantitative estimate of drug-likeness (QED) is 0.632. The summed E-state index contributed by atoms with van der Waals surface area (Å²) in [7, 11) is 1.76. The van der Waals surface area contributed by atoms with Gasteiger partial charge in [0.2, 0.25) is 0 Å². The van der Waals surface area contributed by atoms with Crippen molar-refractivity contribution in [3.8, 4) is 6.07 Å². The molecule has 1 saturated heterocycles. The van der Waals surface area contributed by atoms with Crippen LogP contribution in [0.1, 0.15) is 29.5 Å². The molecule has 1 aliphatic rings. The van der Waals surface area contributed by atoms with Crippen molar-refractivity contribution in [2.45, 2.75) is 32.4 Å². The highest BCUT2D eigenvalue weighted by Gasteiger charge is 2.22. The SMILES string of the molecule is CN=C(NCc1cccc(C#N)c1)NC1CCCN(c2ccc(F)cc2C)C1. The lowest BCUT2D eigenvalue weighted by molar-refractivity contribution is 0.467. The summed E-state index contributed by atoms with van der Waals surface area (Å²) in [5.74, 6) is 0.544. The zero-order chi connectivity index (χ0) is 19.9. The van der Waals surface area contributed by atoms with Crippen molar-refractivity contribution in [3.63, 3.8) is 0 Å². The van der Waals surface area contributed by atoms with Gasteiger partial charge in [0.05, 0.1) is 11.6 Å². The molecule has 146 valence electrons. The van der Waals surface area contributed by atoms with Gasteiger partial charge >= 0.3 is 0 Å². The second-order valence-corrected chi connectivity index (χ2v) is 7.10. The Morgan fingerprint density at radius 3 is 2.93 bits per heavy atom. The first-order chi connectivity index (χ1) is 13.6. The maximum absolute atomic E-state index is 13.4. The number of halogens is 1. The normalized spacial score (nSPS) is 17.1. The molecule has 1 heterocycles. The third kappa shape index (κ3) is 5.01. The minimum absolute atomic E-state index is 0.196. The molecule has 0 radical (unpaired) electrons. The molecule has 2 aromatic rings. The second-order valence-electron chi connectivity index (χ2n) is 7.10. The predicted molar refractivity (Wildman–Crippen MR) is 111 cm³/mol. The maximum Gasteiger partial charge on any atom is 0.191 e. The van der Waals surface area contributed by atoms with E-state index < -0.39 is 0 Å². The number of rotatable bonds is 4. The molecule has 0 amide bonds. The van der Waals surface area contributed by atoms with Crippen LogP contribution >= 0.6 is 0 Å². The molecule has 2 aromatic carbocycles. The van der Waals surface area contributed by atoms with Gasteiger partial charge in [-0.25, -0.2) is 4.39 Å². The minimum atomic E-state index is -0.196. The molecule has 0 spiro atoms. The van der Waals surface area contributed by atoms with Crippen LogP contribution in [-0.4, -0.2) is 32.1 Å². The Hall–Kier alpha value is -3.07. The van der Waals surface area contributed by atoms with Crippen molar-refractivity contribution in [2.75, 3.05) is 25.0 Å². The van der Waals surface area contributed by atoms with Gasteiger partial charge in [-0.3, -0.25) is 4.99 Å². The average Bonchev–Trinajstić information content (AvgIpc) is 2.71. The average molecular weight is 379 g/mol. The van der Waals surface area contributed by atoms with Crippen LogP contribution in [0.15, 0.2) is 47.5 Å². The smallest absolute Gasteiger partial charge is 0.191 e. The fourth-order valence-corrected chi connectivity index (χ4v) is 3.61. The van der Waals surface area contributed by atoms with Gasteiger partial charge in [0.1, 0.15) is 5.82 Å². The van der Waals surface area contributed by atoms with E-state index in [1.807, 2.05) is 31.2 Å². The van der Waals surface area contributed by atoms with Crippen LogP contribution in [-0.2, 0) is 6.54 Å². The zero-order valence-electron chi connectivity index (χ0n) is 16.4. The summed E-state index contributed by atoms with van der Waals surface area (Å²) in [5.41, 5.74) is 3.73. The summed E-state index contributed by atoms with van der Waals surface area (Å²) in [6, 6.07) is 14.9. The maximum atomic E-state index is 13.4. The standard InChI is InChI=1S/C22H26FN5/c1-16-11-19(23)8-9-21(16)28-10-4-7-20(15-28)27-22(25-2)26-14-18-6-3-5-17(12-18)13-24/h3,5-6,8-9,11-12,20H,4,7,10,14-15H2,1-2H3,(H2,25,26,27). The van der Waals surface area contributed by atoms with Gasteiger partial charge in [-0.05, 0) is 61.2 Å². The van der Waals surface area contributed by atoms with Crippen molar-refractivity contribution in [3.05, 3.63) is 65.0 Å². The van der Waals surface area contributed by atoms with Gasteiger partial charge in [-0.2, -0.15) is 5.26 Å². The fourth-order valence-electron chi connectivity index (χ4n) is 3.61. The van der Waals surface area contributed by atoms with E-state index in [0.29, 0.717) is 12.1 Å². The highest BCUT2D eigenvalue weighted by molar-refractivity contribution is 5.80. The summed E-state index contributed by atoms with van der Waals surface area (Å²) in [6.45, 7) is 4.36. The van der Waals surface area contributed by atoms with E-state index in [1.54, 1.807) is 19.2 Å². The second kappa shape index (κ2) is 9.23. The third-order valence-corrected chi connectivity index (χ3v) is 5.00. The molecule has 5 nitrogen and oxygen atoms in total. The molecule has 0 bridgehead atoms. The van der Waals surface area contributed by atoms with Crippen molar-refractivity contribution in [1.29, 1.82) is 5.26 Å². The molecule has 6 heteroatoms. The Balaban J connectivity index is 1.59. The summed E-state index contributed by atoms with van der Waals surface area (Å²) >= 11 is 0. The lowest BCUT2D eigenvalue weighted by atomic mass is 10.0. The molecule has 0 aliphatic carbocycles. The first-order valence-electron chi connectivity index (χ1n) is 9.56. The van der Waals surface area contributed by atoms with Crippen LogP contribution in [0, 0.1) is 24.1 Å². The van der Waals surface area contributed by atoms with E-state index in [9.17, 15) is 4.39 Å². The summed E-state index contributed by atoms with van der Waals surface area (Å²) in [4.78, 5) is 6.63. The van der Waals surface area contributed by atoms with Gasteiger partial charge in [0, 0.05) is 38.4 Å². The number of aryl methyl sites for hydroxylation is 1. The first-order valence-corrected chi connectivity index (χ1v) is 9.56. The summed E-state index contributed by atoms with van der Waals surface area (Å²) in [6.07, 6.45) is 2.12. The Kier molecular flexibility index (Phi) is 6.49. The van der Waals surface area contributed by atoms with E-state index in [4.69, 9.17) is 5.26 Å². The monoisotopic (exact) mass is 379 g/mol. The molecule has 0 saturated carbocycles. The molecular formula is C22H26FN5. The number of hydrogen-bond donors (Lipinski definition) is 2. The highest BCUT2D eigenvalue weighted by atomic mass is 19.1. The molecular weight excluding hydrogens is 353 g/mol. The van der Waals surface area contributed by atoms with E-state index >= 15 is 0 Å². The molecule has 28 heavy (non-hydrogen) atoms. The summed E-state index contributed by atoms with van der Waals surface area (Å²) < 4.78 is 13.4. The first kappa shape index (κ1) is 19.7. The lowest BCUT2D eigenvalue weighted by Crippen LogP contribution is -2.51. The molecule has 1 fully saturated rings. The number of nitrogens with one attached hydrogen (secondary N) is 2. The van der Waals surface area contributed by atoms with Crippen molar-refractivity contribution in [1.82, 2.24) is 10.6 Å². The third-order valence-electron chi connectivity index (χ3n) is 5.00. The van der Waals surface area contributed by atoms with Gasteiger partial charge in [0.15, 0.2) is 5.96 Å². The Morgan fingerprint density at radius 2 is 2.18 bits per heavy atom. The van der Waals surface area contributed by atoms with Gasteiger partial charge < -0.3 is 15.5 Å². The molecule has 1 aliphatic heterocycles. The summed E-state index contributed by atoms with van der Waals surface area (Å²) in [5, 5.41) is 15.8. The van der Waals surface area contributed by atoms with Crippen LogP contribution in [0.2, 0.25) is 0 Å². The topological polar surface area (TPSA) is 63.5 Å². The number of piperidine rings is 1. The van der Waals surface area contributed by atoms with Crippen LogP contribution in [0.4, 0.5) is 10.1 Å². The number of anilines is 1. The van der Waals surface area contributed by atoms with Crippen LogP contribution in [0.3, 0.4) is 0 Å². The van der Waals surface area contributed by atoms with Crippen LogP contribution in [0.25, 0.3) is 0 Å². The van der Waals surface area contributed by atoms with Crippen molar-refractivity contribution < 1.29 is 4.39 Å². The van der Waals surface area contributed by atoms with Gasteiger partial charge in [-0.1, -0.05) is 12.1 Å². The van der Waals surface area contributed by atoms with Crippen LogP contribution < -0.4 is 15.5 Å².